The summed E-state index contributed by atoms with van der Waals surface area (Å²) >= 11 is 0. The highest BCUT2D eigenvalue weighted by Crippen LogP contribution is 2.21. The standard InChI is InChI=1S/C12H14N/c1-4-10-6-5-7-11(9(2)3)12(10)8-13/h5-7,9H,2,4H2,1,3H3. The minimum absolute atomic E-state index is 0.182. The van der Waals surface area contributed by atoms with Crippen LogP contribution in [0.5, 0.6) is 0 Å². The van der Waals surface area contributed by atoms with Crippen LogP contribution < -0.4 is 0 Å². The molecule has 0 N–H and O–H groups in total. The van der Waals surface area contributed by atoms with Crippen LogP contribution in [-0.2, 0) is 6.42 Å². The van der Waals surface area contributed by atoms with E-state index in [2.05, 4.69) is 19.9 Å². The van der Waals surface area contributed by atoms with Gasteiger partial charge >= 0.3 is 0 Å². The van der Waals surface area contributed by atoms with Crippen molar-refractivity contribution >= 4 is 0 Å². The highest BCUT2D eigenvalue weighted by Gasteiger charge is 2.08. The van der Waals surface area contributed by atoms with E-state index in [4.69, 9.17) is 5.26 Å². The molecule has 0 bridgehead atoms. The van der Waals surface area contributed by atoms with Gasteiger partial charge in [0.05, 0.1) is 11.6 Å². The van der Waals surface area contributed by atoms with E-state index in [9.17, 15) is 0 Å². The van der Waals surface area contributed by atoms with Crippen LogP contribution in [0.15, 0.2) is 18.2 Å². The molecule has 1 heteroatoms. The van der Waals surface area contributed by atoms with Crippen LogP contribution in [0.2, 0.25) is 0 Å². The van der Waals surface area contributed by atoms with E-state index in [0.717, 1.165) is 23.1 Å². The maximum absolute atomic E-state index is 9.00. The molecule has 67 valence electrons. The zero-order valence-electron chi connectivity index (χ0n) is 8.17. The van der Waals surface area contributed by atoms with Crippen LogP contribution in [0.3, 0.4) is 0 Å². The summed E-state index contributed by atoms with van der Waals surface area (Å²) in [6.45, 7) is 8.01. The van der Waals surface area contributed by atoms with Gasteiger partial charge in [0.15, 0.2) is 0 Å². The summed E-state index contributed by atoms with van der Waals surface area (Å²) in [5.41, 5.74) is 2.99. The smallest absolute Gasteiger partial charge is 0.0997 e. The normalized spacial score (nSPS) is 10.1. The Labute approximate surface area is 80.0 Å². The molecule has 1 aromatic rings. The second-order valence-corrected chi connectivity index (χ2v) is 3.25. The number of hydrogen-bond acceptors (Lipinski definition) is 1. The lowest BCUT2D eigenvalue weighted by molar-refractivity contribution is 0.947. The van der Waals surface area contributed by atoms with Crippen molar-refractivity contribution in [2.45, 2.75) is 26.2 Å². The number of hydrogen-bond donors (Lipinski definition) is 0. The van der Waals surface area contributed by atoms with Crippen molar-refractivity contribution in [1.29, 1.82) is 5.26 Å². The maximum Gasteiger partial charge on any atom is 0.0997 e. The molecular weight excluding hydrogens is 158 g/mol. The Hall–Kier alpha value is -1.29. The molecule has 0 saturated heterocycles. The Morgan fingerprint density at radius 3 is 2.69 bits per heavy atom. The zero-order valence-corrected chi connectivity index (χ0v) is 8.17. The predicted octanol–water partition coefficient (Wildman–Crippen LogP) is 3.06. The number of aryl methyl sites for hydroxylation is 1. The lowest BCUT2D eigenvalue weighted by atomic mass is 9.93. The third-order valence-corrected chi connectivity index (χ3v) is 2.21. The quantitative estimate of drug-likeness (QED) is 0.672. The molecular formula is C12H14N. The van der Waals surface area contributed by atoms with E-state index in [-0.39, 0.29) is 5.92 Å². The highest BCUT2D eigenvalue weighted by atomic mass is 14.3. The van der Waals surface area contributed by atoms with E-state index in [1.807, 2.05) is 25.1 Å². The summed E-state index contributed by atoms with van der Waals surface area (Å²) in [6.07, 6.45) is 0.906. The van der Waals surface area contributed by atoms with Crippen LogP contribution in [-0.4, -0.2) is 0 Å². The first-order valence-electron chi connectivity index (χ1n) is 4.55. The number of nitrogens with zero attached hydrogens (tertiary/aromatic N) is 1. The summed E-state index contributed by atoms with van der Waals surface area (Å²) < 4.78 is 0. The number of benzene rings is 1. The summed E-state index contributed by atoms with van der Waals surface area (Å²) in [7, 11) is 0. The zero-order chi connectivity index (χ0) is 9.84. The third kappa shape index (κ3) is 1.89. The van der Waals surface area contributed by atoms with Gasteiger partial charge < -0.3 is 0 Å². The van der Waals surface area contributed by atoms with Gasteiger partial charge in [-0.3, -0.25) is 0 Å². The highest BCUT2D eigenvalue weighted by molar-refractivity contribution is 5.46. The van der Waals surface area contributed by atoms with Crippen LogP contribution in [0, 0.1) is 18.3 Å². The van der Waals surface area contributed by atoms with Gasteiger partial charge in [0.25, 0.3) is 0 Å². The van der Waals surface area contributed by atoms with Crippen molar-refractivity contribution in [2.24, 2.45) is 0 Å². The molecule has 1 rings (SSSR count). The number of nitriles is 1. The Kier molecular flexibility index (Phi) is 3.08. The molecule has 1 nitrogen and oxygen atoms in total. The van der Waals surface area contributed by atoms with E-state index in [1.54, 1.807) is 0 Å². The van der Waals surface area contributed by atoms with Gasteiger partial charge in [-0.25, -0.2) is 0 Å². The van der Waals surface area contributed by atoms with Gasteiger partial charge in [-0.1, -0.05) is 32.0 Å². The largest absolute Gasteiger partial charge is 0.192 e. The summed E-state index contributed by atoms with van der Waals surface area (Å²) in [6, 6.07) is 8.24. The Morgan fingerprint density at radius 2 is 2.23 bits per heavy atom. The monoisotopic (exact) mass is 172 g/mol. The van der Waals surface area contributed by atoms with Gasteiger partial charge in [-0.15, -0.1) is 0 Å². The van der Waals surface area contributed by atoms with Crippen molar-refractivity contribution in [1.82, 2.24) is 0 Å². The molecule has 0 fully saturated rings. The van der Waals surface area contributed by atoms with Gasteiger partial charge in [0.1, 0.15) is 0 Å². The molecule has 1 atom stereocenters. The molecule has 1 unspecified atom stereocenters. The summed E-state index contributed by atoms with van der Waals surface area (Å²) in [5, 5.41) is 9.00. The van der Waals surface area contributed by atoms with Gasteiger partial charge in [0, 0.05) is 0 Å². The first kappa shape index (κ1) is 9.80. The molecule has 1 aromatic carbocycles. The van der Waals surface area contributed by atoms with Gasteiger partial charge in [0.2, 0.25) is 0 Å². The van der Waals surface area contributed by atoms with Gasteiger partial charge in [-0.05, 0) is 30.4 Å². The van der Waals surface area contributed by atoms with Crippen LogP contribution >= 0.6 is 0 Å². The lowest BCUT2D eigenvalue weighted by Crippen LogP contribution is -1.97. The first-order valence-corrected chi connectivity index (χ1v) is 4.55. The fourth-order valence-corrected chi connectivity index (χ4v) is 1.46. The Morgan fingerprint density at radius 1 is 1.54 bits per heavy atom. The molecule has 0 spiro atoms. The fraction of sp³-hybridized carbons (Fsp3) is 0.333. The van der Waals surface area contributed by atoms with E-state index in [1.165, 1.54) is 0 Å². The van der Waals surface area contributed by atoms with Crippen LogP contribution in [0.25, 0.3) is 0 Å². The Bertz CT molecular complexity index is 331. The van der Waals surface area contributed by atoms with Crippen molar-refractivity contribution in [3.05, 3.63) is 41.8 Å². The fourth-order valence-electron chi connectivity index (χ4n) is 1.46. The lowest BCUT2D eigenvalue weighted by Gasteiger charge is -2.10. The molecule has 0 amide bonds. The SMILES string of the molecule is [CH2]C(C)c1cccc(CC)c1C#N. The van der Waals surface area contributed by atoms with Crippen LogP contribution in [0.1, 0.15) is 36.5 Å². The van der Waals surface area contributed by atoms with Crippen molar-refractivity contribution in [2.75, 3.05) is 0 Å². The van der Waals surface area contributed by atoms with Crippen molar-refractivity contribution in [3.8, 4) is 6.07 Å². The molecule has 13 heavy (non-hydrogen) atoms. The van der Waals surface area contributed by atoms with Crippen molar-refractivity contribution in [3.63, 3.8) is 0 Å². The van der Waals surface area contributed by atoms with Crippen LogP contribution in [0.4, 0.5) is 0 Å². The van der Waals surface area contributed by atoms with E-state index in [0.29, 0.717) is 0 Å². The molecule has 0 aliphatic carbocycles. The molecule has 0 aromatic heterocycles. The average Bonchev–Trinajstić information content (AvgIpc) is 2.16. The molecule has 1 radical (unpaired) electrons. The first-order chi connectivity index (χ1) is 6.20. The average molecular weight is 172 g/mol. The number of rotatable bonds is 2. The molecule has 0 heterocycles. The van der Waals surface area contributed by atoms with E-state index < -0.39 is 0 Å². The molecule has 0 aliphatic heterocycles. The topological polar surface area (TPSA) is 23.8 Å². The minimum Gasteiger partial charge on any atom is -0.192 e. The van der Waals surface area contributed by atoms with Crippen molar-refractivity contribution < 1.29 is 0 Å². The third-order valence-electron chi connectivity index (χ3n) is 2.21. The summed E-state index contributed by atoms with van der Waals surface area (Å²) in [5.74, 6) is 0.182. The second kappa shape index (κ2) is 4.09. The van der Waals surface area contributed by atoms with Gasteiger partial charge in [-0.2, -0.15) is 5.26 Å². The Balaban J connectivity index is 3.29. The molecule has 0 aliphatic rings. The minimum atomic E-state index is 0.182. The summed E-state index contributed by atoms with van der Waals surface area (Å²) in [4.78, 5) is 0. The maximum atomic E-state index is 9.00. The molecule has 0 saturated carbocycles. The van der Waals surface area contributed by atoms with E-state index >= 15 is 0 Å². The second-order valence-electron chi connectivity index (χ2n) is 3.25. The predicted molar refractivity (Wildman–Crippen MR) is 54.3 cm³/mol.